The maximum Gasteiger partial charge on any atom is 0.271 e. The Morgan fingerprint density at radius 3 is 2.38 bits per heavy atom. The summed E-state index contributed by atoms with van der Waals surface area (Å²) in [6.07, 6.45) is 0.131. The Labute approximate surface area is 230 Å². The Balaban J connectivity index is 1.60. The molecule has 0 saturated carbocycles. The molecule has 196 valence electrons. The number of nitro benzene ring substituents is 1. The standard InChI is InChI=1S/C30H26N4O4S/c1-19-4-7-21(8-5-19)25-17-28(22-9-12-24(38-3)13-10-22)33-30(26(25)18-31)39-15-14-29(35)32-27-16-23(34(36)37)11-6-20(27)2/h4-13,16-17H,14-15H2,1-3H3,(H,32,35). The molecule has 1 heterocycles. The minimum absolute atomic E-state index is 0.0906. The first-order valence-electron chi connectivity index (χ1n) is 12.1. The zero-order chi connectivity index (χ0) is 27.9. The van der Waals surface area contributed by atoms with Crippen molar-refractivity contribution in [3.05, 3.63) is 99.6 Å². The molecule has 1 amide bonds. The van der Waals surface area contributed by atoms with Crippen LogP contribution in [0.1, 0.15) is 23.1 Å². The van der Waals surface area contributed by atoms with E-state index in [1.165, 1.54) is 23.9 Å². The summed E-state index contributed by atoms with van der Waals surface area (Å²) < 4.78 is 5.27. The van der Waals surface area contributed by atoms with E-state index in [0.717, 1.165) is 33.6 Å². The molecule has 0 aliphatic rings. The van der Waals surface area contributed by atoms with Gasteiger partial charge in [-0.15, -0.1) is 11.8 Å². The lowest BCUT2D eigenvalue weighted by Gasteiger charge is -2.13. The number of nitriles is 1. The smallest absolute Gasteiger partial charge is 0.271 e. The zero-order valence-corrected chi connectivity index (χ0v) is 22.5. The Morgan fingerprint density at radius 1 is 1.05 bits per heavy atom. The largest absolute Gasteiger partial charge is 0.497 e. The summed E-state index contributed by atoms with van der Waals surface area (Å²) in [5.74, 6) is 0.807. The number of nitrogens with zero attached hydrogens (tertiary/aromatic N) is 3. The average molecular weight is 539 g/mol. The fourth-order valence-corrected chi connectivity index (χ4v) is 4.86. The highest BCUT2D eigenvalue weighted by Crippen LogP contribution is 2.35. The van der Waals surface area contributed by atoms with Gasteiger partial charge in [0, 0.05) is 35.4 Å². The van der Waals surface area contributed by atoms with Gasteiger partial charge < -0.3 is 10.1 Å². The van der Waals surface area contributed by atoms with Crippen LogP contribution in [-0.2, 0) is 4.79 Å². The maximum atomic E-state index is 12.7. The molecule has 4 aromatic rings. The summed E-state index contributed by atoms with van der Waals surface area (Å²) in [5.41, 5.74) is 5.82. The lowest BCUT2D eigenvalue weighted by molar-refractivity contribution is -0.384. The number of ether oxygens (including phenoxy) is 1. The van der Waals surface area contributed by atoms with Gasteiger partial charge in [0.05, 0.1) is 29.0 Å². The molecule has 0 saturated heterocycles. The number of anilines is 1. The van der Waals surface area contributed by atoms with Gasteiger partial charge in [-0.1, -0.05) is 35.9 Å². The van der Waals surface area contributed by atoms with Crippen molar-refractivity contribution in [3.63, 3.8) is 0 Å². The summed E-state index contributed by atoms with van der Waals surface area (Å²) in [7, 11) is 1.61. The van der Waals surface area contributed by atoms with Gasteiger partial charge in [0.1, 0.15) is 16.8 Å². The van der Waals surface area contributed by atoms with Gasteiger partial charge in [-0.3, -0.25) is 14.9 Å². The molecule has 0 atom stereocenters. The number of hydrogen-bond acceptors (Lipinski definition) is 7. The minimum atomic E-state index is -0.499. The van der Waals surface area contributed by atoms with Crippen LogP contribution < -0.4 is 10.1 Å². The molecular weight excluding hydrogens is 512 g/mol. The zero-order valence-electron chi connectivity index (χ0n) is 21.7. The lowest BCUT2D eigenvalue weighted by atomic mass is 9.98. The molecule has 1 aromatic heterocycles. The fourth-order valence-electron chi connectivity index (χ4n) is 3.92. The first kappa shape index (κ1) is 27.4. The second-order valence-electron chi connectivity index (χ2n) is 8.84. The predicted octanol–water partition coefficient (Wildman–Crippen LogP) is 6.94. The Morgan fingerprint density at radius 2 is 1.74 bits per heavy atom. The molecule has 1 N–H and O–H groups in total. The van der Waals surface area contributed by atoms with Crippen LogP contribution in [0.25, 0.3) is 22.4 Å². The molecule has 0 bridgehead atoms. The molecule has 0 aliphatic carbocycles. The van der Waals surface area contributed by atoms with Gasteiger partial charge >= 0.3 is 0 Å². The molecule has 0 aliphatic heterocycles. The van der Waals surface area contributed by atoms with E-state index in [-0.39, 0.29) is 18.0 Å². The third-order valence-electron chi connectivity index (χ3n) is 6.12. The third-order valence-corrected chi connectivity index (χ3v) is 7.10. The number of carbonyl (C=O) groups excluding carboxylic acids is 1. The number of methoxy groups -OCH3 is 1. The molecule has 3 aromatic carbocycles. The second kappa shape index (κ2) is 12.2. The minimum Gasteiger partial charge on any atom is -0.497 e. The van der Waals surface area contributed by atoms with Crippen molar-refractivity contribution in [2.45, 2.75) is 25.3 Å². The molecule has 4 rings (SSSR count). The second-order valence-corrected chi connectivity index (χ2v) is 9.93. The number of thioether (sulfide) groups is 1. The van der Waals surface area contributed by atoms with E-state index in [1.807, 2.05) is 61.5 Å². The van der Waals surface area contributed by atoms with Crippen molar-refractivity contribution >= 4 is 29.0 Å². The summed E-state index contributed by atoms with van der Waals surface area (Å²) in [5, 5.41) is 24.5. The van der Waals surface area contributed by atoms with Gasteiger partial charge in [-0.05, 0) is 55.3 Å². The number of nitro groups is 1. The van der Waals surface area contributed by atoms with E-state index in [9.17, 15) is 20.2 Å². The molecule has 0 unspecified atom stereocenters. The van der Waals surface area contributed by atoms with E-state index in [2.05, 4.69) is 11.4 Å². The number of non-ortho nitro benzene ring substituents is 1. The summed E-state index contributed by atoms with van der Waals surface area (Å²) >= 11 is 1.32. The number of hydrogen-bond donors (Lipinski definition) is 1. The van der Waals surface area contributed by atoms with Crippen molar-refractivity contribution in [3.8, 4) is 34.2 Å². The Hall–Kier alpha value is -4.68. The average Bonchev–Trinajstić information content (AvgIpc) is 2.94. The van der Waals surface area contributed by atoms with Crippen LogP contribution in [0.4, 0.5) is 11.4 Å². The summed E-state index contributed by atoms with van der Waals surface area (Å²) in [6.45, 7) is 3.78. The van der Waals surface area contributed by atoms with Gasteiger partial charge in [-0.25, -0.2) is 4.98 Å². The molecule has 8 nitrogen and oxygen atoms in total. The Bertz CT molecular complexity index is 1560. The van der Waals surface area contributed by atoms with Crippen LogP contribution in [0.5, 0.6) is 5.75 Å². The first-order valence-corrected chi connectivity index (χ1v) is 13.1. The topological polar surface area (TPSA) is 118 Å². The van der Waals surface area contributed by atoms with E-state index >= 15 is 0 Å². The van der Waals surface area contributed by atoms with Crippen LogP contribution in [0.3, 0.4) is 0 Å². The van der Waals surface area contributed by atoms with Crippen LogP contribution in [0.2, 0.25) is 0 Å². The molecular formula is C30H26N4O4S. The van der Waals surface area contributed by atoms with E-state index in [0.29, 0.717) is 27.7 Å². The highest BCUT2D eigenvalue weighted by atomic mass is 32.2. The SMILES string of the molecule is COc1ccc(-c2cc(-c3ccc(C)cc3)c(C#N)c(SCCC(=O)Nc3cc([N+](=O)[O-])ccc3C)n2)cc1. The lowest BCUT2D eigenvalue weighted by Crippen LogP contribution is -2.13. The summed E-state index contributed by atoms with van der Waals surface area (Å²) in [6, 6.07) is 24.1. The van der Waals surface area contributed by atoms with Crippen molar-refractivity contribution in [2.24, 2.45) is 0 Å². The summed E-state index contributed by atoms with van der Waals surface area (Å²) in [4.78, 5) is 28.1. The van der Waals surface area contributed by atoms with E-state index in [1.54, 1.807) is 20.1 Å². The maximum absolute atomic E-state index is 12.7. The number of amides is 1. The normalized spacial score (nSPS) is 10.5. The first-order chi connectivity index (χ1) is 18.8. The van der Waals surface area contributed by atoms with E-state index < -0.39 is 4.92 Å². The van der Waals surface area contributed by atoms with Crippen molar-refractivity contribution in [2.75, 3.05) is 18.2 Å². The van der Waals surface area contributed by atoms with Crippen LogP contribution in [0.15, 0.2) is 77.8 Å². The number of carbonyl (C=O) groups is 1. The fraction of sp³-hybridized carbons (Fsp3) is 0.167. The number of aryl methyl sites for hydroxylation is 2. The van der Waals surface area contributed by atoms with Crippen molar-refractivity contribution in [1.82, 2.24) is 4.98 Å². The van der Waals surface area contributed by atoms with Gasteiger partial charge in [-0.2, -0.15) is 5.26 Å². The Kier molecular flexibility index (Phi) is 8.59. The third kappa shape index (κ3) is 6.61. The quantitative estimate of drug-likeness (QED) is 0.139. The number of rotatable bonds is 9. The number of nitrogens with one attached hydrogen (secondary N) is 1. The monoisotopic (exact) mass is 538 g/mol. The predicted molar refractivity (Wildman–Crippen MR) is 153 cm³/mol. The number of benzene rings is 3. The van der Waals surface area contributed by atoms with Crippen molar-refractivity contribution in [1.29, 1.82) is 5.26 Å². The number of aromatic nitrogens is 1. The number of pyridine rings is 1. The molecule has 0 radical (unpaired) electrons. The van der Waals surface area contributed by atoms with Crippen molar-refractivity contribution < 1.29 is 14.5 Å². The molecule has 0 fully saturated rings. The van der Waals surface area contributed by atoms with Gasteiger partial charge in [0.2, 0.25) is 5.91 Å². The van der Waals surface area contributed by atoms with E-state index in [4.69, 9.17) is 9.72 Å². The van der Waals surface area contributed by atoms with Gasteiger partial charge in [0.25, 0.3) is 5.69 Å². The van der Waals surface area contributed by atoms with Gasteiger partial charge in [0.15, 0.2) is 0 Å². The molecule has 39 heavy (non-hydrogen) atoms. The highest BCUT2D eigenvalue weighted by molar-refractivity contribution is 7.99. The van der Waals surface area contributed by atoms with Crippen LogP contribution >= 0.6 is 11.8 Å². The van der Waals surface area contributed by atoms with Crippen LogP contribution in [-0.4, -0.2) is 28.7 Å². The molecule has 0 spiro atoms. The van der Waals surface area contributed by atoms with Crippen LogP contribution in [0, 0.1) is 35.3 Å². The molecule has 9 heteroatoms. The highest BCUT2D eigenvalue weighted by Gasteiger charge is 2.17.